The first kappa shape index (κ1) is 22.5. The number of hydrogen-bond donors (Lipinski definition) is 0. The highest BCUT2D eigenvalue weighted by molar-refractivity contribution is 7.89. The van der Waals surface area contributed by atoms with Gasteiger partial charge in [0.15, 0.2) is 6.61 Å². The molecule has 2 aromatic carbocycles. The van der Waals surface area contributed by atoms with Crippen molar-refractivity contribution < 1.29 is 31.9 Å². The van der Waals surface area contributed by atoms with Gasteiger partial charge in [0.2, 0.25) is 15.8 Å². The first-order valence-electron chi connectivity index (χ1n) is 8.89. The molecule has 7 nitrogen and oxygen atoms in total. The van der Waals surface area contributed by atoms with Gasteiger partial charge in [-0.1, -0.05) is 26.0 Å². The Balaban J connectivity index is 2.21. The van der Waals surface area contributed by atoms with Gasteiger partial charge in [0.1, 0.15) is 16.5 Å². The number of hydrogen-bond acceptors (Lipinski definition) is 6. The second-order valence-electron chi connectivity index (χ2n) is 5.93. The van der Waals surface area contributed by atoms with Gasteiger partial charge in [-0.05, 0) is 30.3 Å². The summed E-state index contributed by atoms with van der Waals surface area (Å²) < 4.78 is 50.5. The molecule has 0 bridgehead atoms. The molecule has 0 aliphatic heterocycles. The van der Waals surface area contributed by atoms with Crippen molar-refractivity contribution in [3.63, 3.8) is 0 Å². The zero-order chi connectivity index (χ0) is 21.6. The maximum absolute atomic E-state index is 14.2. The predicted octanol–water partition coefficient (Wildman–Crippen LogP) is 2.90. The van der Waals surface area contributed by atoms with Crippen molar-refractivity contribution in [1.29, 1.82) is 0 Å². The van der Waals surface area contributed by atoms with E-state index < -0.39 is 39.1 Å². The molecule has 0 spiro atoms. The minimum atomic E-state index is -4.10. The average molecular weight is 423 g/mol. The predicted molar refractivity (Wildman–Crippen MR) is 104 cm³/mol. The third-order valence-electron chi connectivity index (χ3n) is 4.23. The lowest BCUT2D eigenvalue weighted by Gasteiger charge is -2.19. The van der Waals surface area contributed by atoms with E-state index in [0.29, 0.717) is 5.75 Å². The van der Waals surface area contributed by atoms with Crippen LogP contribution >= 0.6 is 0 Å². The van der Waals surface area contributed by atoms with Crippen LogP contribution in [0.15, 0.2) is 47.4 Å². The molecule has 0 saturated heterocycles. The molecule has 0 radical (unpaired) electrons. The summed E-state index contributed by atoms with van der Waals surface area (Å²) in [4.78, 5) is 24.0. The maximum atomic E-state index is 14.2. The smallest absolute Gasteiger partial charge is 0.338 e. The minimum Gasteiger partial charge on any atom is -0.496 e. The minimum absolute atomic E-state index is 0.153. The van der Waals surface area contributed by atoms with E-state index in [1.54, 1.807) is 32.0 Å². The van der Waals surface area contributed by atoms with Crippen molar-refractivity contribution in [1.82, 2.24) is 4.31 Å². The fraction of sp³-hybridized carbons (Fsp3) is 0.300. The summed E-state index contributed by atoms with van der Waals surface area (Å²) in [5.74, 6) is -2.07. The van der Waals surface area contributed by atoms with Crippen molar-refractivity contribution in [3.05, 3.63) is 59.4 Å². The summed E-state index contributed by atoms with van der Waals surface area (Å²) >= 11 is 0. The highest BCUT2D eigenvalue weighted by Gasteiger charge is 2.27. The molecule has 156 valence electrons. The number of methoxy groups -OCH3 is 1. The number of ketones is 1. The fourth-order valence-electron chi connectivity index (χ4n) is 2.70. The van der Waals surface area contributed by atoms with Gasteiger partial charge in [-0.15, -0.1) is 0 Å². The van der Waals surface area contributed by atoms with E-state index in [1.165, 1.54) is 13.2 Å². The van der Waals surface area contributed by atoms with E-state index in [1.807, 2.05) is 0 Å². The van der Waals surface area contributed by atoms with E-state index in [-0.39, 0.29) is 24.2 Å². The van der Waals surface area contributed by atoms with E-state index in [4.69, 9.17) is 9.47 Å². The Kier molecular flexibility index (Phi) is 7.46. The average Bonchev–Trinajstić information content (AvgIpc) is 2.72. The molecule has 0 fully saturated rings. The molecule has 0 heterocycles. The summed E-state index contributed by atoms with van der Waals surface area (Å²) in [6.07, 6.45) is 0. The quantitative estimate of drug-likeness (QED) is 0.455. The molecule has 0 amide bonds. The fourth-order valence-corrected chi connectivity index (χ4v) is 4.25. The van der Waals surface area contributed by atoms with Gasteiger partial charge in [0.05, 0.1) is 18.2 Å². The number of carbonyl (C=O) groups excluding carboxylic acids is 2. The number of benzene rings is 2. The van der Waals surface area contributed by atoms with Crippen LogP contribution in [-0.4, -0.2) is 51.3 Å². The number of esters is 1. The SMILES string of the molecule is CCN(CC)S(=O)(=O)c1cc(C(=O)OCC(=O)c2ccccc2OC)ccc1F. The highest BCUT2D eigenvalue weighted by atomic mass is 32.2. The van der Waals surface area contributed by atoms with Crippen LogP contribution in [0.4, 0.5) is 4.39 Å². The molecule has 0 aliphatic rings. The maximum Gasteiger partial charge on any atom is 0.338 e. The van der Waals surface area contributed by atoms with Gasteiger partial charge in [0.25, 0.3) is 0 Å². The summed E-state index contributed by atoms with van der Waals surface area (Å²) in [5, 5.41) is 0. The highest BCUT2D eigenvalue weighted by Crippen LogP contribution is 2.22. The van der Waals surface area contributed by atoms with Crippen LogP contribution < -0.4 is 4.74 Å². The van der Waals surface area contributed by atoms with Gasteiger partial charge in [-0.2, -0.15) is 4.31 Å². The zero-order valence-corrected chi connectivity index (χ0v) is 17.2. The molecule has 2 aromatic rings. The van der Waals surface area contributed by atoms with Gasteiger partial charge in [0, 0.05) is 13.1 Å². The molecule has 2 rings (SSSR count). The van der Waals surface area contributed by atoms with Crippen LogP contribution in [0.2, 0.25) is 0 Å². The Morgan fingerprint density at radius 1 is 1.07 bits per heavy atom. The van der Waals surface area contributed by atoms with Crippen molar-refractivity contribution in [3.8, 4) is 5.75 Å². The first-order chi connectivity index (χ1) is 13.8. The van der Waals surface area contributed by atoms with Crippen LogP contribution in [0.3, 0.4) is 0 Å². The largest absolute Gasteiger partial charge is 0.496 e. The van der Waals surface area contributed by atoms with Gasteiger partial charge >= 0.3 is 5.97 Å². The van der Waals surface area contributed by atoms with Crippen LogP contribution in [0, 0.1) is 5.82 Å². The first-order valence-corrected chi connectivity index (χ1v) is 10.3. The molecule has 0 aromatic heterocycles. The lowest BCUT2D eigenvalue weighted by molar-refractivity contribution is 0.0473. The van der Waals surface area contributed by atoms with Gasteiger partial charge < -0.3 is 9.47 Å². The van der Waals surface area contributed by atoms with Crippen molar-refractivity contribution in [2.75, 3.05) is 26.8 Å². The number of carbonyl (C=O) groups is 2. The Morgan fingerprint density at radius 2 is 1.72 bits per heavy atom. The van der Waals surface area contributed by atoms with Crippen molar-refractivity contribution in [2.45, 2.75) is 18.7 Å². The summed E-state index contributed by atoms with van der Waals surface area (Å²) in [7, 11) is -2.69. The number of rotatable bonds is 9. The Labute approximate surface area is 169 Å². The van der Waals surface area contributed by atoms with Gasteiger partial charge in [-0.25, -0.2) is 17.6 Å². The summed E-state index contributed by atoms with van der Waals surface area (Å²) in [5.41, 5.74) is 0.0664. The molecule has 29 heavy (non-hydrogen) atoms. The number of nitrogens with zero attached hydrogens (tertiary/aromatic N) is 1. The second kappa shape index (κ2) is 9.62. The van der Waals surface area contributed by atoms with Crippen LogP contribution in [0.1, 0.15) is 34.6 Å². The second-order valence-corrected chi connectivity index (χ2v) is 7.84. The topological polar surface area (TPSA) is 90.0 Å². The summed E-state index contributed by atoms with van der Waals surface area (Å²) in [6.45, 7) is 2.98. The lowest BCUT2D eigenvalue weighted by atomic mass is 10.1. The molecule has 9 heteroatoms. The van der Waals surface area contributed by atoms with Crippen molar-refractivity contribution in [2.24, 2.45) is 0 Å². The van der Waals surface area contributed by atoms with E-state index in [9.17, 15) is 22.4 Å². The Hall–Kier alpha value is -2.78. The number of ether oxygens (including phenoxy) is 2. The van der Waals surface area contributed by atoms with E-state index in [2.05, 4.69) is 0 Å². The normalized spacial score (nSPS) is 11.3. The van der Waals surface area contributed by atoms with Crippen molar-refractivity contribution >= 4 is 21.8 Å². The molecule has 0 saturated carbocycles. The number of sulfonamides is 1. The molecule has 0 unspecified atom stereocenters. The Morgan fingerprint density at radius 3 is 2.34 bits per heavy atom. The molecule has 0 N–H and O–H groups in total. The third kappa shape index (κ3) is 4.99. The monoisotopic (exact) mass is 423 g/mol. The zero-order valence-electron chi connectivity index (χ0n) is 16.3. The van der Waals surface area contributed by atoms with Crippen LogP contribution in [-0.2, 0) is 14.8 Å². The standard InChI is InChI=1S/C20H22FNO6S/c1-4-22(5-2)29(25,26)19-12-14(10-11-16(19)21)20(24)28-13-17(23)15-8-6-7-9-18(15)27-3/h6-12H,4-5,13H2,1-3H3. The molecule has 0 atom stereocenters. The summed E-state index contributed by atoms with van der Waals surface area (Å²) in [6, 6.07) is 9.36. The third-order valence-corrected chi connectivity index (χ3v) is 6.30. The molecular weight excluding hydrogens is 401 g/mol. The number of para-hydroxylation sites is 1. The number of Topliss-reactive ketones (excluding diaryl/α,β-unsaturated/α-hetero) is 1. The Bertz CT molecular complexity index is 1000. The van der Waals surface area contributed by atoms with Crippen LogP contribution in [0.5, 0.6) is 5.75 Å². The van der Waals surface area contributed by atoms with Gasteiger partial charge in [-0.3, -0.25) is 4.79 Å². The van der Waals surface area contributed by atoms with Crippen LogP contribution in [0.25, 0.3) is 0 Å². The van der Waals surface area contributed by atoms with E-state index in [0.717, 1.165) is 22.5 Å². The molecular formula is C20H22FNO6S. The lowest BCUT2D eigenvalue weighted by Crippen LogP contribution is -2.31. The van der Waals surface area contributed by atoms with E-state index >= 15 is 0 Å². The molecule has 0 aliphatic carbocycles. The number of halogens is 1.